The predicted molar refractivity (Wildman–Crippen MR) is 94.7 cm³/mol. The monoisotopic (exact) mass is 375 g/mol. The van der Waals surface area contributed by atoms with Gasteiger partial charge in [-0.3, -0.25) is 4.79 Å². The van der Waals surface area contributed by atoms with Gasteiger partial charge in [-0.25, -0.2) is 9.66 Å². The molecule has 0 fully saturated rings. The number of thioether (sulfide) groups is 1. The molecule has 0 aliphatic carbocycles. The molecule has 0 unspecified atom stereocenters. The molecule has 0 radical (unpaired) electrons. The van der Waals surface area contributed by atoms with Gasteiger partial charge in [-0.15, -0.1) is 0 Å². The lowest BCUT2D eigenvalue weighted by atomic mass is 10.2. The van der Waals surface area contributed by atoms with Gasteiger partial charge < -0.3 is 5.84 Å². The molecule has 3 aromatic rings. The van der Waals surface area contributed by atoms with Crippen LogP contribution < -0.4 is 11.4 Å². The van der Waals surface area contributed by atoms with Gasteiger partial charge in [-0.2, -0.15) is 0 Å². The molecule has 0 amide bonds. The van der Waals surface area contributed by atoms with Gasteiger partial charge in [0.1, 0.15) is 0 Å². The van der Waals surface area contributed by atoms with Crippen LogP contribution in [0.3, 0.4) is 0 Å². The topological polar surface area (TPSA) is 60.9 Å². The normalized spacial score (nSPS) is 11.0. The number of benzene rings is 2. The van der Waals surface area contributed by atoms with Crippen molar-refractivity contribution in [2.24, 2.45) is 0 Å². The van der Waals surface area contributed by atoms with Crippen molar-refractivity contribution in [2.45, 2.75) is 11.6 Å². The average Bonchev–Trinajstić information content (AvgIpc) is 2.54. The number of nitrogens with zero attached hydrogens (tertiary/aromatic N) is 2. The second kappa shape index (κ2) is 6.54. The molecule has 1 aromatic heterocycles. The highest BCUT2D eigenvalue weighted by molar-refractivity contribution is 9.10. The molecule has 3 rings (SSSR count). The first-order chi connectivity index (χ1) is 10.6. The minimum absolute atomic E-state index is 0.228. The number of hydrogen-bond donors (Lipinski definition) is 1. The van der Waals surface area contributed by atoms with Crippen LogP contribution in [0, 0.1) is 0 Å². The molecule has 112 valence electrons. The first-order valence-electron chi connectivity index (χ1n) is 6.79. The summed E-state index contributed by atoms with van der Waals surface area (Å²) in [7, 11) is 0. The fourth-order valence-corrected chi connectivity index (χ4v) is 3.42. The van der Waals surface area contributed by atoms with Crippen molar-refractivity contribution in [2.75, 3.05) is 11.6 Å². The maximum absolute atomic E-state index is 12.3. The second-order valence-electron chi connectivity index (χ2n) is 4.82. The fraction of sp³-hybridized carbons (Fsp3) is 0.125. The molecule has 4 nitrogen and oxygen atoms in total. The molecule has 6 heteroatoms. The Morgan fingerprint density at radius 3 is 2.73 bits per heavy atom. The smallest absolute Gasteiger partial charge is 0.280 e. The highest BCUT2D eigenvalue weighted by atomic mass is 79.9. The van der Waals surface area contributed by atoms with Crippen LogP contribution in [0.1, 0.15) is 5.56 Å². The van der Waals surface area contributed by atoms with E-state index in [-0.39, 0.29) is 5.56 Å². The average molecular weight is 376 g/mol. The van der Waals surface area contributed by atoms with Crippen LogP contribution >= 0.6 is 27.7 Å². The zero-order valence-electron chi connectivity index (χ0n) is 11.7. The van der Waals surface area contributed by atoms with Crippen LogP contribution in [0.25, 0.3) is 10.9 Å². The number of fused-ring (bicyclic) bond motifs is 1. The molecule has 0 saturated carbocycles. The van der Waals surface area contributed by atoms with E-state index in [1.165, 1.54) is 17.3 Å². The van der Waals surface area contributed by atoms with Crippen LogP contribution in [-0.4, -0.2) is 15.4 Å². The van der Waals surface area contributed by atoms with E-state index in [0.29, 0.717) is 16.1 Å². The zero-order chi connectivity index (χ0) is 15.5. The maximum atomic E-state index is 12.3. The molecule has 2 aromatic carbocycles. The second-order valence-corrected chi connectivity index (χ2v) is 6.79. The third-order valence-electron chi connectivity index (χ3n) is 3.29. The summed E-state index contributed by atoms with van der Waals surface area (Å²) in [6, 6.07) is 15.6. The number of halogens is 1. The predicted octanol–water partition coefficient (Wildman–Crippen LogP) is 3.21. The molecule has 0 spiro atoms. The Balaban J connectivity index is 1.83. The summed E-state index contributed by atoms with van der Waals surface area (Å²) >= 11 is 4.85. The summed E-state index contributed by atoms with van der Waals surface area (Å²) in [6.07, 6.45) is 0.903. The highest BCUT2D eigenvalue weighted by Gasteiger charge is 2.09. The number of nitrogens with two attached hydrogens (primary N) is 1. The fourth-order valence-electron chi connectivity index (χ4n) is 2.16. The Morgan fingerprint density at radius 1 is 1.18 bits per heavy atom. The van der Waals surface area contributed by atoms with E-state index in [4.69, 9.17) is 5.84 Å². The van der Waals surface area contributed by atoms with E-state index in [1.54, 1.807) is 6.07 Å². The molecule has 0 aliphatic rings. The van der Waals surface area contributed by atoms with E-state index in [1.807, 2.05) is 30.3 Å². The molecule has 22 heavy (non-hydrogen) atoms. The molecule has 0 aliphatic heterocycles. The minimum atomic E-state index is -0.228. The molecule has 1 heterocycles. The van der Waals surface area contributed by atoms with Crippen molar-refractivity contribution in [3.05, 3.63) is 68.9 Å². The van der Waals surface area contributed by atoms with E-state index >= 15 is 0 Å². The quantitative estimate of drug-likeness (QED) is 0.432. The number of aryl methyl sites for hydroxylation is 1. The highest BCUT2D eigenvalue weighted by Crippen LogP contribution is 2.20. The summed E-state index contributed by atoms with van der Waals surface area (Å²) in [5.74, 6) is 6.70. The SMILES string of the molecule is Nn1c(SCCc2ccccc2)nc2ccc(Br)cc2c1=O. The van der Waals surface area contributed by atoms with Gasteiger partial charge in [0.05, 0.1) is 10.9 Å². The summed E-state index contributed by atoms with van der Waals surface area (Å²) in [4.78, 5) is 16.8. The van der Waals surface area contributed by atoms with Gasteiger partial charge >= 0.3 is 0 Å². The van der Waals surface area contributed by atoms with Crippen molar-refractivity contribution in [1.29, 1.82) is 0 Å². The first-order valence-corrected chi connectivity index (χ1v) is 8.57. The van der Waals surface area contributed by atoms with Gasteiger partial charge in [-0.05, 0) is 30.2 Å². The van der Waals surface area contributed by atoms with Crippen molar-refractivity contribution in [3.63, 3.8) is 0 Å². The Morgan fingerprint density at radius 2 is 1.95 bits per heavy atom. The molecular weight excluding hydrogens is 362 g/mol. The number of hydrogen-bond acceptors (Lipinski definition) is 4. The number of aromatic nitrogens is 2. The van der Waals surface area contributed by atoms with Gasteiger partial charge in [0, 0.05) is 10.2 Å². The maximum Gasteiger partial charge on any atom is 0.280 e. The van der Waals surface area contributed by atoms with Crippen molar-refractivity contribution in [1.82, 2.24) is 9.66 Å². The van der Waals surface area contributed by atoms with E-state index < -0.39 is 0 Å². The Labute approximate surface area is 140 Å². The summed E-state index contributed by atoms with van der Waals surface area (Å²) in [5, 5.41) is 1.06. The van der Waals surface area contributed by atoms with Crippen molar-refractivity contribution >= 4 is 38.6 Å². The van der Waals surface area contributed by atoms with E-state index in [9.17, 15) is 4.79 Å². The summed E-state index contributed by atoms with van der Waals surface area (Å²) in [6.45, 7) is 0. The van der Waals surface area contributed by atoms with Gasteiger partial charge in [0.2, 0.25) is 0 Å². The Hall–Kier alpha value is -1.79. The minimum Gasteiger partial charge on any atom is -0.334 e. The number of rotatable bonds is 4. The molecular formula is C16H14BrN3OS. The molecule has 0 saturated heterocycles. The molecule has 2 N–H and O–H groups in total. The van der Waals surface area contributed by atoms with Crippen molar-refractivity contribution in [3.8, 4) is 0 Å². The largest absolute Gasteiger partial charge is 0.334 e. The summed E-state index contributed by atoms with van der Waals surface area (Å²) in [5.41, 5.74) is 1.69. The zero-order valence-corrected chi connectivity index (χ0v) is 14.1. The molecule has 0 bridgehead atoms. The first kappa shape index (κ1) is 15.1. The third kappa shape index (κ3) is 3.18. The lowest BCUT2D eigenvalue weighted by molar-refractivity contribution is 0.779. The Bertz CT molecular complexity index is 864. The standard InChI is InChI=1S/C16H14BrN3OS/c17-12-6-7-14-13(10-12)15(21)20(18)16(19-14)22-9-8-11-4-2-1-3-5-11/h1-7,10H,8-9,18H2. The Kier molecular flexibility index (Phi) is 4.49. The van der Waals surface area contributed by atoms with E-state index in [0.717, 1.165) is 21.3 Å². The molecule has 0 atom stereocenters. The lowest BCUT2D eigenvalue weighted by Crippen LogP contribution is -2.29. The summed E-state index contributed by atoms with van der Waals surface area (Å²) < 4.78 is 1.97. The van der Waals surface area contributed by atoms with Crippen LogP contribution in [0.4, 0.5) is 0 Å². The van der Waals surface area contributed by atoms with Gasteiger partial charge in [-0.1, -0.05) is 58.0 Å². The van der Waals surface area contributed by atoms with Crippen LogP contribution in [0.2, 0.25) is 0 Å². The van der Waals surface area contributed by atoms with Gasteiger partial charge in [0.15, 0.2) is 5.16 Å². The van der Waals surface area contributed by atoms with Gasteiger partial charge in [0.25, 0.3) is 5.56 Å². The van der Waals surface area contributed by atoms with Crippen LogP contribution in [-0.2, 0) is 6.42 Å². The van der Waals surface area contributed by atoms with E-state index in [2.05, 4.69) is 33.0 Å². The van der Waals surface area contributed by atoms with Crippen molar-refractivity contribution < 1.29 is 0 Å². The van der Waals surface area contributed by atoms with Crippen LogP contribution in [0.15, 0.2) is 63.0 Å². The van der Waals surface area contributed by atoms with Crippen LogP contribution in [0.5, 0.6) is 0 Å². The third-order valence-corrected chi connectivity index (χ3v) is 4.74. The number of nitrogen functional groups attached to an aromatic ring is 1. The lowest BCUT2D eigenvalue weighted by Gasteiger charge is -2.08.